The van der Waals surface area contributed by atoms with Crippen LogP contribution in [0.4, 0.5) is 0 Å². The van der Waals surface area contributed by atoms with E-state index >= 15 is 0 Å². The van der Waals surface area contributed by atoms with Gasteiger partial charge in [-0.2, -0.15) is 0 Å². The highest BCUT2D eigenvalue weighted by molar-refractivity contribution is 8.01. The second-order valence-electron chi connectivity index (χ2n) is 9.65. The van der Waals surface area contributed by atoms with Gasteiger partial charge in [0.25, 0.3) is 11.8 Å². The maximum absolute atomic E-state index is 13.5. The standard InChI is InChI=1S/C26H25ClN8O7S2/c1-12-17(27)21(37)15(8-28-12)42-9-16(36)29-18(13-6-4-3-5-7-13)22(38)30-19-23(39)35-20(25(40)41)14(10-43-24(19)35)11-44-26-31-32-33-34(26)2/h3-8,18-19,24H,9-11H2,1-2H3,(H,28,37)(H,29,36)(H,30,38)(H,40,41)/t18-,19?,24-/m1/s1. The van der Waals surface area contributed by atoms with Crippen molar-refractivity contribution in [2.75, 3.05) is 18.1 Å². The topological polar surface area (TPSA) is 201 Å². The number of hydrogen-bond acceptors (Lipinski definition) is 11. The molecule has 2 aliphatic heterocycles. The van der Waals surface area contributed by atoms with Crippen molar-refractivity contribution < 1.29 is 29.0 Å². The van der Waals surface area contributed by atoms with Crippen molar-refractivity contribution in [3.8, 4) is 5.75 Å². The van der Waals surface area contributed by atoms with Gasteiger partial charge in [-0.05, 0) is 28.5 Å². The number of thioether (sulfide) groups is 2. The average molecular weight is 661 g/mol. The van der Waals surface area contributed by atoms with Crippen LogP contribution in [0.1, 0.15) is 17.3 Å². The molecular formula is C26H25ClN8O7S2. The van der Waals surface area contributed by atoms with Crippen LogP contribution in [0, 0.1) is 6.92 Å². The number of nitrogens with one attached hydrogen (secondary N) is 3. The lowest BCUT2D eigenvalue weighted by Gasteiger charge is -2.49. The van der Waals surface area contributed by atoms with Crippen molar-refractivity contribution in [1.82, 2.24) is 40.7 Å². The lowest BCUT2D eigenvalue weighted by molar-refractivity contribution is -0.151. The number of fused-ring (bicyclic) bond motifs is 1. The summed E-state index contributed by atoms with van der Waals surface area (Å²) in [7, 11) is 1.66. The molecule has 3 aromatic rings. The Hall–Kier alpha value is -4.35. The zero-order valence-electron chi connectivity index (χ0n) is 23.1. The van der Waals surface area contributed by atoms with Gasteiger partial charge in [-0.1, -0.05) is 53.7 Å². The van der Waals surface area contributed by atoms with E-state index in [9.17, 15) is 29.1 Å². The lowest BCUT2D eigenvalue weighted by Crippen LogP contribution is -2.71. The van der Waals surface area contributed by atoms with Crippen molar-refractivity contribution >= 4 is 58.8 Å². The lowest BCUT2D eigenvalue weighted by atomic mass is 10.0. The number of amides is 3. The van der Waals surface area contributed by atoms with Gasteiger partial charge in [0.15, 0.2) is 12.4 Å². The van der Waals surface area contributed by atoms with E-state index in [1.165, 1.54) is 39.3 Å². The number of aromatic amines is 1. The number of pyridine rings is 1. The summed E-state index contributed by atoms with van der Waals surface area (Å²) in [6.45, 7) is 1.02. The molecule has 0 aliphatic carbocycles. The third kappa shape index (κ3) is 6.29. The van der Waals surface area contributed by atoms with Gasteiger partial charge in [-0.25, -0.2) is 9.48 Å². The first kappa shape index (κ1) is 31.1. The van der Waals surface area contributed by atoms with Gasteiger partial charge in [0.1, 0.15) is 28.2 Å². The van der Waals surface area contributed by atoms with Crippen LogP contribution in [0.2, 0.25) is 5.02 Å². The molecule has 1 unspecified atom stereocenters. The number of ether oxygens (including phenoxy) is 1. The smallest absolute Gasteiger partial charge is 0.352 e. The average Bonchev–Trinajstić information content (AvgIpc) is 3.43. The Morgan fingerprint density at radius 2 is 2.02 bits per heavy atom. The fraction of sp³-hybridized carbons (Fsp3) is 0.308. The molecule has 44 heavy (non-hydrogen) atoms. The quantitative estimate of drug-likeness (QED) is 0.165. The minimum Gasteiger partial charge on any atom is -0.478 e. The highest BCUT2D eigenvalue weighted by atomic mass is 35.5. The normalized spacial score (nSPS) is 18.2. The Morgan fingerprint density at radius 3 is 2.70 bits per heavy atom. The Bertz CT molecular complexity index is 1710. The van der Waals surface area contributed by atoms with Gasteiger partial charge in [0.05, 0.1) is 0 Å². The van der Waals surface area contributed by atoms with Gasteiger partial charge in [-0.3, -0.25) is 24.1 Å². The van der Waals surface area contributed by atoms with Crippen molar-refractivity contribution in [2.24, 2.45) is 7.05 Å². The van der Waals surface area contributed by atoms with Crippen LogP contribution in [0.5, 0.6) is 5.75 Å². The Balaban J connectivity index is 1.27. The number of carbonyl (C=O) groups is 4. The molecule has 2 aliphatic rings. The predicted molar refractivity (Wildman–Crippen MR) is 159 cm³/mol. The summed E-state index contributed by atoms with van der Waals surface area (Å²) in [5, 5.41) is 26.2. The number of nitrogens with zero attached hydrogens (tertiary/aromatic N) is 5. The summed E-state index contributed by atoms with van der Waals surface area (Å²) in [6, 6.07) is 6.11. The minimum atomic E-state index is -1.26. The van der Waals surface area contributed by atoms with E-state index in [2.05, 4.69) is 31.1 Å². The van der Waals surface area contributed by atoms with Crippen LogP contribution in [-0.2, 0) is 26.2 Å². The first-order chi connectivity index (χ1) is 21.1. The fourth-order valence-electron chi connectivity index (χ4n) is 4.51. The zero-order valence-corrected chi connectivity index (χ0v) is 25.5. The van der Waals surface area contributed by atoms with Crippen LogP contribution in [0.15, 0.2) is 57.7 Å². The number of tetrazole rings is 1. The molecule has 1 aromatic carbocycles. The maximum Gasteiger partial charge on any atom is 0.352 e. The molecule has 3 amide bonds. The van der Waals surface area contributed by atoms with Crippen molar-refractivity contribution in [3.05, 3.63) is 74.3 Å². The number of aryl methyl sites for hydroxylation is 2. The molecule has 1 fully saturated rings. The summed E-state index contributed by atoms with van der Waals surface area (Å²) < 4.78 is 6.79. The Labute approximate surface area is 262 Å². The van der Waals surface area contributed by atoms with Crippen molar-refractivity contribution in [1.29, 1.82) is 0 Å². The predicted octanol–water partition coefficient (Wildman–Crippen LogP) is 0.627. The Morgan fingerprint density at radius 1 is 1.27 bits per heavy atom. The molecule has 15 nitrogen and oxygen atoms in total. The summed E-state index contributed by atoms with van der Waals surface area (Å²) in [5.74, 6) is -2.86. The molecular weight excluding hydrogens is 636 g/mol. The van der Waals surface area contributed by atoms with Gasteiger partial charge in [-0.15, -0.1) is 16.9 Å². The number of halogens is 1. The molecule has 0 bridgehead atoms. The highest BCUT2D eigenvalue weighted by Gasteiger charge is 2.54. The van der Waals surface area contributed by atoms with Crippen molar-refractivity contribution in [2.45, 2.75) is 29.5 Å². The third-order valence-electron chi connectivity index (χ3n) is 6.74. The van der Waals surface area contributed by atoms with Crippen LogP contribution >= 0.6 is 35.1 Å². The summed E-state index contributed by atoms with van der Waals surface area (Å²) >= 11 is 8.51. The van der Waals surface area contributed by atoms with E-state index in [4.69, 9.17) is 16.3 Å². The first-order valence-corrected chi connectivity index (χ1v) is 15.4. The summed E-state index contributed by atoms with van der Waals surface area (Å²) in [6.07, 6.45) is 1.28. The second-order valence-corrected chi connectivity index (χ2v) is 12.1. The number of hydrogen-bond donors (Lipinski definition) is 4. The number of aliphatic carboxylic acids is 1. The minimum absolute atomic E-state index is 0.0706. The molecule has 0 saturated carbocycles. The number of β-lactam (4-membered cyclic amide) rings is 1. The third-order valence-corrected chi connectivity index (χ3v) is 9.63. The van der Waals surface area contributed by atoms with Gasteiger partial charge < -0.3 is 25.5 Å². The van der Waals surface area contributed by atoms with Gasteiger partial charge in [0.2, 0.25) is 16.5 Å². The number of benzene rings is 1. The molecule has 5 rings (SSSR count). The number of carboxylic acids is 1. The number of carboxylic acid groups (broad SMARTS) is 1. The van der Waals surface area contributed by atoms with E-state index in [0.717, 1.165) is 0 Å². The van der Waals surface area contributed by atoms with E-state index in [0.29, 0.717) is 27.7 Å². The van der Waals surface area contributed by atoms with Gasteiger partial charge >= 0.3 is 5.97 Å². The monoisotopic (exact) mass is 660 g/mol. The molecule has 0 spiro atoms. The van der Waals surface area contributed by atoms with Crippen LogP contribution in [-0.4, -0.2) is 88.4 Å². The largest absolute Gasteiger partial charge is 0.478 e. The molecule has 230 valence electrons. The molecule has 0 radical (unpaired) electrons. The molecule has 4 heterocycles. The molecule has 1 saturated heterocycles. The summed E-state index contributed by atoms with van der Waals surface area (Å²) in [4.78, 5) is 67.9. The van der Waals surface area contributed by atoms with Crippen LogP contribution < -0.4 is 20.8 Å². The zero-order chi connectivity index (χ0) is 31.5. The van der Waals surface area contributed by atoms with Gasteiger partial charge in [0, 0.05) is 30.4 Å². The second kappa shape index (κ2) is 13.1. The summed E-state index contributed by atoms with van der Waals surface area (Å²) in [5.41, 5.74) is 0.665. The molecule has 4 N–H and O–H groups in total. The number of aromatic nitrogens is 5. The number of rotatable bonds is 11. The molecule has 3 atom stereocenters. The number of H-pyrrole nitrogens is 1. The van der Waals surface area contributed by atoms with Crippen LogP contribution in [0.25, 0.3) is 0 Å². The van der Waals surface area contributed by atoms with E-state index in [-0.39, 0.29) is 22.2 Å². The van der Waals surface area contributed by atoms with E-state index in [1.54, 1.807) is 44.3 Å². The fourth-order valence-corrected chi connectivity index (χ4v) is 6.99. The van der Waals surface area contributed by atoms with E-state index in [1.807, 2.05) is 0 Å². The first-order valence-electron chi connectivity index (χ1n) is 13.0. The maximum atomic E-state index is 13.5. The Kier molecular flexibility index (Phi) is 9.26. The molecule has 18 heteroatoms. The van der Waals surface area contributed by atoms with E-state index < -0.39 is 53.2 Å². The molecule has 2 aromatic heterocycles. The van der Waals surface area contributed by atoms with Crippen molar-refractivity contribution in [3.63, 3.8) is 0 Å². The highest BCUT2D eigenvalue weighted by Crippen LogP contribution is 2.41. The number of carbonyl (C=O) groups excluding carboxylic acids is 3. The SMILES string of the molecule is Cc1[nH]cc(OCC(=O)N[C@@H](C(=O)NC2C(=O)N3C(C(=O)O)=C(CSc4nnnn4C)CS[C@H]23)c2ccccc2)c(=O)c1Cl. The van der Waals surface area contributed by atoms with Crippen LogP contribution in [0.3, 0.4) is 0 Å².